The molecule has 0 spiro atoms. The van der Waals surface area contributed by atoms with Gasteiger partial charge in [0.2, 0.25) is 0 Å². The van der Waals surface area contributed by atoms with Gasteiger partial charge in [0.15, 0.2) is 5.78 Å². The van der Waals surface area contributed by atoms with E-state index in [9.17, 15) is 4.79 Å². The minimum atomic E-state index is -0.561. The van der Waals surface area contributed by atoms with Gasteiger partial charge >= 0.3 is 7.12 Å². The van der Waals surface area contributed by atoms with Crippen LogP contribution in [0, 0.1) is 0 Å². The molecule has 1 aliphatic rings. The normalized spacial score (nSPS) is 20.0. The van der Waals surface area contributed by atoms with E-state index in [1.807, 2.05) is 39.8 Å². The van der Waals surface area contributed by atoms with Crippen molar-refractivity contribution in [2.24, 2.45) is 0 Å². The third kappa shape index (κ3) is 2.36. The molecule has 1 saturated heterocycles. The van der Waals surface area contributed by atoms with Crippen molar-refractivity contribution in [3.63, 3.8) is 0 Å². The molecule has 0 bridgehead atoms. The molecule has 0 atom stereocenters. The Morgan fingerprint density at radius 1 is 1.15 bits per heavy atom. The van der Waals surface area contributed by atoms with E-state index in [0.717, 1.165) is 5.46 Å². The highest BCUT2D eigenvalue weighted by Crippen LogP contribution is 2.37. The number of carbonyl (C=O) groups excluding carboxylic acids is 1. The summed E-state index contributed by atoms with van der Waals surface area (Å²) in [5, 5.41) is 0. The largest absolute Gasteiger partial charge is 0.496 e. The number of methoxy groups -OCH3 is 1. The van der Waals surface area contributed by atoms with Gasteiger partial charge in [0.25, 0.3) is 0 Å². The van der Waals surface area contributed by atoms with Gasteiger partial charge in [-0.05, 0) is 46.1 Å². The number of carbonyl (C=O) groups is 1. The molecule has 0 aromatic heterocycles. The second-order valence-electron chi connectivity index (χ2n) is 6.07. The van der Waals surface area contributed by atoms with E-state index >= 15 is 0 Å². The van der Waals surface area contributed by atoms with Crippen molar-refractivity contribution in [1.82, 2.24) is 0 Å². The maximum atomic E-state index is 11.9. The maximum Gasteiger partial charge on any atom is 0.495 e. The van der Waals surface area contributed by atoms with Gasteiger partial charge in [0, 0.05) is 0 Å². The van der Waals surface area contributed by atoms with Crippen molar-refractivity contribution < 1.29 is 18.8 Å². The van der Waals surface area contributed by atoms with E-state index in [-0.39, 0.29) is 5.78 Å². The summed E-state index contributed by atoms with van der Waals surface area (Å²) >= 11 is 0. The first-order chi connectivity index (χ1) is 9.19. The molecular weight excluding hydrogens is 255 g/mol. The zero-order chi connectivity index (χ0) is 15.1. The number of rotatable bonds is 3. The highest BCUT2D eigenvalue weighted by molar-refractivity contribution is 6.63. The summed E-state index contributed by atoms with van der Waals surface area (Å²) in [6.07, 6.45) is 0. The summed E-state index contributed by atoms with van der Waals surface area (Å²) in [5.74, 6) is 0.483. The topological polar surface area (TPSA) is 44.8 Å². The van der Waals surface area contributed by atoms with Crippen LogP contribution in [0.1, 0.15) is 45.0 Å². The lowest BCUT2D eigenvalue weighted by atomic mass is 9.75. The third-order valence-corrected chi connectivity index (χ3v) is 4.14. The Kier molecular flexibility index (Phi) is 3.69. The molecular formula is C15H21BO4. The molecule has 5 heteroatoms. The smallest absolute Gasteiger partial charge is 0.495 e. The Morgan fingerprint density at radius 2 is 1.70 bits per heavy atom. The monoisotopic (exact) mass is 276 g/mol. The van der Waals surface area contributed by atoms with Gasteiger partial charge < -0.3 is 14.0 Å². The molecule has 0 unspecified atom stereocenters. The summed E-state index contributed by atoms with van der Waals surface area (Å²) in [4.78, 5) is 11.9. The van der Waals surface area contributed by atoms with Crippen LogP contribution in [-0.4, -0.2) is 31.2 Å². The molecule has 1 aromatic carbocycles. The van der Waals surface area contributed by atoms with Crippen LogP contribution in [0.2, 0.25) is 0 Å². The molecule has 0 aliphatic carbocycles. The van der Waals surface area contributed by atoms with Gasteiger partial charge in [-0.25, -0.2) is 0 Å². The third-order valence-electron chi connectivity index (χ3n) is 4.14. The Balaban J connectivity index is 2.48. The van der Waals surface area contributed by atoms with Crippen molar-refractivity contribution in [3.05, 3.63) is 23.8 Å². The van der Waals surface area contributed by atoms with Crippen molar-refractivity contribution in [2.75, 3.05) is 7.11 Å². The predicted molar refractivity (Wildman–Crippen MR) is 78.7 cm³/mol. The van der Waals surface area contributed by atoms with Gasteiger partial charge in [-0.3, -0.25) is 4.79 Å². The standard InChI is InChI=1S/C15H21BO4/c1-10(17)13-11(8-7-9-12(13)18-6)16-19-14(2,3)15(4,5)20-16/h7-9H,1-6H3. The summed E-state index contributed by atoms with van der Waals surface area (Å²) in [5.41, 5.74) is 0.368. The summed E-state index contributed by atoms with van der Waals surface area (Å²) in [6, 6.07) is 5.46. The fourth-order valence-electron chi connectivity index (χ4n) is 2.26. The zero-order valence-corrected chi connectivity index (χ0v) is 12.9. The minimum absolute atomic E-state index is 0.0628. The number of ether oxygens (including phenoxy) is 1. The first kappa shape index (κ1) is 15.1. The van der Waals surface area contributed by atoms with Crippen molar-refractivity contribution >= 4 is 18.4 Å². The second kappa shape index (κ2) is 4.90. The van der Waals surface area contributed by atoms with E-state index in [4.69, 9.17) is 14.0 Å². The number of hydrogen-bond donors (Lipinski definition) is 0. The first-order valence-corrected chi connectivity index (χ1v) is 6.73. The highest BCUT2D eigenvalue weighted by Gasteiger charge is 2.52. The number of Topliss-reactive ketones (excluding diaryl/α,β-unsaturated/α-hetero) is 1. The summed E-state index contributed by atoms with van der Waals surface area (Å²) in [7, 11) is 0.990. The molecule has 1 fully saturated rings. The van der Waals surface area contributed by atoms with Crippen LogP contribution in [0.4, 0.5) is 0 Å². The second-order valence-corrected chi connectivity index (χ2v) is 6.07. The van der Waals surface area contributed by atoms with Crippen LogP contribution >= 0.6 is 0 Å². The number of benzene rings is 1. The van der Waals surface area contributed by atoms with Crippen LogP contribution in [-0.2, 0) is 9.31 Å². The number of hydrogen-bond acceptors (Lipinski definition) is 4. The Labute approximate surface area is 120 Å². The van der Waals surface area contributed by atoms with E-state index in [0.29, 0.717) is 11.3 Å². The van der Waals surface area contributed by atoms with Crippen molar-refractivity contribution in [2.45, 2.75) is 45.8 Å². The van der Waals surface area contributed by atoms with Gasteiger partial charge in [-0.1, -0.05) is 12.1 Å². The summed E-state index contributed by atoms with van der Waals surface area (Å²) in [6.45, 7) is 9.47. The van der Waals surface area contributed by atoms with Crippen LogP contribution in [0.5, 0.6) is 5.75 Å². The Bertz CT molecular complexity index is 521. The van der Waals surface area contributed by atoms with Gasteiger partial charge in [0.1, 0.15) is 5.75 Å². The predicted octanol–water partition coefficient (Wildman–Crippen LogP) is 2.20. The fraction of sp³-hybridized carbons (Fsp3) is 0.533. The van der Waals surface area contributed by atoms with Crippen molar-refractivity contribution in [1.29, 1.82) is 0 Å². The van der Waals surface area contributed by atoms with E-state index in [1.165, 1.54) is 6.92 Å². The Hall–Kier alpha value is -1.33. The lowest BCUT2D eigenvalue weighted by Crippen LogP contribution is -2.41. The van der Waals surface area contributed by atoms with Gasteiger partial charge in [0.05, 0.1) is 23.9 Å². The summed E-state index contributed by atoms with van der Waals surface area (Å²) < 4.78 is 17.3. The fourth-order valence-corrected chi connectivity index (χ4v) is 2.26. The molecule has 1 aromatic rings. The van der Waals surface area contributed by atoms with Gasteiger partial charge in [-0.15, -0.1) is 0 Å². The minimum Gasteiger partial charge on any atom is -0.496 e. The average molecular weight is 276 g/mol. The van der Waals surface area contributed by atoms with Crippen LogP contribution < -0.4 is 10.2 Å². The zero-order valence-electron chi connectivity index (χ0n) is 12.9. The molecule has 20 heavy (non-hydrogen) atoms. The molecule has 2 rings (SSSR count). The quantitative estimate of drug-likeness (QED) is 0.627. The molecule has 108 valence electrons. The lowest BCUT2D eigenvalue weighted by Gasteiger charge is -2.32. The van der Waals surface area contributed by atoms with E-state index < -0.39 is 18.3 Å². The molecule has 1 heterocycles. The van der Waals surface area contributed by atoms with E-state index in [1.54, 1.807) is 13.2 Å². The van der Waals surface area contributed by atoms with Crippen molar-refractivity contribution in [3.8, 4) is 5.75 Å². The van der Waals surface area contributed by atoms with Crippen LogP contribution in [0.15, 0.2) is 18.2 Å². The Morgan fingerprint density at radius 3 is 2.15 bits per heavy atom. The van der Waals surface area contributed by atoms with Gasteiger partial charge in [-0.2, -0.15) is 0 Å². The molecule has 0 radical (unpaired) electrons. The molecule has 4 nitrogen and oxygen atoms in total. The molecule has 1 aliphatic heterocycles. The average Bonchev–Trinajstić information content (AvgIpc) is 2.57. The highest BCUT2D eigenvalue weighted by atomic mass is 16.7. The first-order valence-electron chi connectivity index (χ1n) is 6.73. The molecule has 0 N–H and O–H groups in total. The van der Waals surface area contributed by atoms with Crippen LogP contribution in [0.3, 0.4) is 0 Å². The lowest BCUT2D eigenvalue weighted by molar-refractivity contribution is 0.00578. The molecule has 0 amide bonds. The number of ketones is 1. The van der Waals surface area contributed by atoms with Crippen LogP contribution in [0.25, 0.3) is 0 Å². The molecule has 0 saturated carbocycles. The van der Waals surface area contributed by atoms with E-state index in [2.05, 4.69) is 0 Å². The maximum absolute atomic E-state index is 11.9. The SMILES string of the molecule is COc1cccc(B2OC(C)(C)C(C)(C)O2)c1C(C)=O.